The van der Waals surface area contributed by atoms with Crippen LogP contribution in [0.2, 0.25) is 5.02 Å². The van der Waals surface area contributed by atoms with Crippen LogP contribution in [0.4, 0.5) is 16.3 Å². The summed E-state index contributed by atoms with van der Waals surface area (Å²) in [4.78, 5) is 23.1. The van der Waals surface area contributed by atoms with Crippen LogP contribution in [0.1, 0.15) is 6.92 Å². The minimum atomic E-state index is -0.630. The Morgan fingerprint density at radius 2 is 2.09 bits per heavy atom. The number of halogens is 1. The van der Waals surface area contributed by atoms with Crippen molar-refractivity contribution in [1.82, 2.24) is 15.0 Å². The summed E-state index contributed by atoms with van der Waals surface area (Å²) in [5.41, 5.74) is 0.513. The molecule has 0 aliphatic heterocycles. The number of carbonyl (C=O) groups is 2. The van der Waals surface area contributed by atoms with Crippen LogP contribution in [-0.2, 0) is 16.1 Å². The van der Waals surface area contributed by atoms with Gasteiger partial charge in [0.15, 0.2) is 5.82 Å². The topological polar surface area (TPSA) is 98.1 Å². The molecule has 0 spiro atoms. The largest absolute Gasteiger partial charge is 0.450 e. The van der Waals surface area contributed by atoms with Crippen molar-refractivity contribution in [3.8, 4) is 0 Å². The first kappa shape index (κ1) is 15.8. The normalized spacial score (nSPS) is 10.1. The molecule has 2 amide bonds. The summed E-state index contributed by atoms with van der Waals surface area (Å²) in [6, 6.07) is 6.89. The minimum Gasteiger partial charge on any atom is -0.450 e. The fourth-order valence-electron chi connectivity index (χ4n) is 1.60. The summed E-state index contributed by atoms with van der Waals surface area (Å²) >= 11 is 5.95. The van der Waals surface area contributed by atoms with Gasteiger partial charge in [0.2, 0.25) is 5.91 Å². The third-order valence-corrected chi connectivity index (χ3v) is 2.83. The Bertz CT molecular complexity index is 673. The van der Waals surface area contributed by atoms with Gasteiger partial charge in [-0.25, -0.2) is 9.48 Å². The van der Waals surface area contributed by atoms with Crippen LogP contribution in [0.15, 0.2) is 30.5 Å². The minimum absolute atomic E-state index is 0.0667. The van der Waals surface area contributed by atoms with Crippen molar-refractivity contribution in [2.24, 2.45) is 0 Å². The highest BCUT2D eigenvalue weighted by Gasteiger charge is 2.10. The van der Waals surface area contributed by atoms with Crippen LogP contribution in [0, 0.1) is 0 Å². The Hall–Kier alpha value is -2.61. The number of amides is 2. The van der Waals surface area contributed by atoms with E-state index in [2.05, 4.69) is 20.9 Å². The molecule has 0 atom stereocenters. The fraction of sp³-hybridized carbons (Fsp3) is 0.231. The van der Waals surface area contributed by atoms with E-state index >= 15 is 0 Å². The van der Waals surface area contributed by atoms with E-state index in [9.17, 15) is 9.59 Å². The van der Waals surface area contributed by atoms with Crippen LogP contribution < -0.4 is 10.6 Å². The molecule has 0 unspecified atom stereocenters. The molecule has 1 aromatic heterocycles. The average Bonchev–Trinajstić information content (AvgIpc) is 2.88. The fourth-order valence-corrected chi connectivity index (χ4v) is 1.79. The van der Waals surface area contributed by atoms with Crippen molar-refractivity contribution in [2.45, 2.75) is 13.5 Å². The first-order chi connectivity index (χ1) is 10.6. The molecule has 0 radical (unpaired) electrons. The molecule has 116 valence electrons. The van der Waals surface area contributed by atoms with Gasteiger partial charge in [-0.3, -0.25) is 10.1 Å². The van der Waals surface area contributed by atoms with E-state index in [1.54, 1.807) is 31.2 Å². The van der Waals surface area contributed by atoms with Gasteiger partial charge in [-0.15, -0.1) is 5.10 Å². The standard InChI is InChI=1S/C13H14ClN5O3/c1-2-22-13(21)16-11-7-19(18-17-11)8-12(20)15-10-6-4-3-5-9(10)14/h3-7H,2,8H2,1H3,(H,15,20)(H,16,21). The van der Waals surface area contributed by atoms with Gasteiger partial charge in [-0.05, 0) is 19.1 Å². The molecule has 1 aromatic carbocycles. The maximum atomic E-state index is 11.9. The molecule has 1 heterocycles. The number of rotatable bonds is 5. The van der Waals surface area contributed by atoms with Crippen LogP contribution in [0.3, 0.4) is 0 Å². The lowest BCUT2D eigenvalue weighted by Crippen LogP contribution is -2.19. The lowest BCUT2D eigenvalue weighted by molar-refractivity contribution is -0.116. The van der Waals surface area contributed by atoms with Crippen molar-refractivity contribution < 1.29 is 14.3 Å². The first-order valence-corrected chi connectivity index (χ1v) is 6.84. The van der Waals surface area contributed by atoms with Crippen LogP contribution >= 0.6 is 11.6 Å². The number of para-hydroxylation sites is 1. The molecule has 0 saturated carbocycles. The quantitative estimate of drug-likeness (QED) is 0.878. The van der Waals surface area contributed by atoms with E-state index in [-0.39, 0.29) is 24.9 Å². The van der Waals surface area contributed by atoms with E-state index < -0.39 is 6.09 Å². The van der Waals surface area contributed by atoms with E-state index in [1.165, 1.54) is 10.9 Å². The molecule has 8 nitrogen and oxygen atoms in total. The molecule has 0 aliphatic rings. The molecule has 22 heavy (non-hydrogen) atoms. The van der Waals surface area contributed by atoms with E-state index in [4.69, 9.17) is 16.3 Å². The monoisotopic (exact) mass is 323 g/mol. The summed E-state index contributed by atoms with van der Waals surface area (Å²) in [6.07, 6.45) is 0.790. The average molecular weight is 324 g/mol. The second-order valence-electron chi connectivity index (χ2n) is 4.17. The third kappa shape index (κ3) is 4.45. The summed E-state index contributed by atoms with van der Waals surface area (Å²) in [7, 11) is 0. The number of ether oxygens (including phenoxy) is 1. The number of hydrogen-bond acceptors (Lipinski definition) is 5. The van der Waals surface area contributed by atoms with Gasteiger partial charge in [-0.2, -0.15) is 0 Å². The Labute approximate surface area is 131 Å². The molecule has 0 bridgehead atoms. The lowest BCUT2D eigenvalue weighted by Gasteiger charge is -2.06. The van der Waals surface area contributed by atoms with Crippen LogP contribution in [0.25, 0.3) is 0 Å². The van der Waals surface area contributed by atoms with Crippen molar-refractivity contribution in [3.05, 3.63) is 35.5 Å². The van der Waals surface area contributed by atoms with E-state index in [0.29, 0.717) is 10.7 Å². The molecule has 2 aromatic rings. The molecule has 9 heteroatoms. The second kappa shape index (κ2) is 7.41. The first-order valence-electron chi connectivity index (χ1n) is 6.46. The zero-order valence-electron chi connectivity index (χ0n) is 11.7. The number of aromatic nitrogens is 3. The van der Waals surface area contributed by atoms with Gasteiger partial charge < -0.3 is 10.1 Å². The van der Waals surface area contributed by atoms with Crippen molar-refractivity contribution in [3.63, 3.8) is 0 Å². The van der Waals surface area contributed by atoms with Gasteiger partial charge in [0.05, 0.1) is 23.5 Å². The Kier molecular flexibility index (Phi) is 5.31. The van der Waals surface area contributed by atoms with Crippen LogP contribution in [0.5, 0.6) is 0 Å². The SMILES string of the molecule is CCOC(=O)Nc1cn(CC(=O)Nc2ccccc2Cl)nn1. The maximum Gasteiger partial charge on any atom is 0.412 e. The molecule has 2 rings (SSSR count). The Morgan fingerprint density at radius 3 is 2.82 bits per heavy atom. The van der Waals surface area contributed by atoms with Crippen molar-refractivity contribution >= 4 is 35.1 Å². The third-order valence-electron chi connectivity index (χ3n) is 2.50. The van der Waals surface area contributed by atoms with Gasteiger partial charge in [0, 0.05) is 0 Å². The molecule has 0 saturated heterocycles. The number of anilines is 2. The molecular weight excluding hydrogens is 310 g/mol. The highest BCUT2D eigenvalue weighted by atomic mass is 35.5. The van der Waals surface area contributed by atoms with Gasteiger partial charge in [-0.1, -0.05) is 28.9 Å². The lowest BCUT2D eigenvalue weighted by atomic mass is 10.3. The molecule has 2 N–H and O–H groups in total. The van der Waals surface area contributed by atoms with Gasteiger partial charge in [0.1, 0.15) is 6.54 Å². The van der Waals surface area contributed by atoms with Gasteiger partial charge >= 0.3 is 6.09 Å². The second-order valence-corrected chi connectivity index (χ2v) is 4.58. The number of nitrogens with one attached hydrogen (secondary N) is 2. The zero-order chi connectivity index (χ0) is 15.9. The highest BCUT2D eigenvalue weighted by Crippen LogP contribution is 2.20. The predicted octanol–water partition coefficient (Wildman–Crippen LogP) is 2.14. The Balaban J connectivity index is 1.91. The summed E-state index contributed by atoms with van der Waals surface area (Å²) < 4.78 is 5.99. The van der Waals surface area contributed by atoms with E-state index in [0.717, 1.165) is 0 Å². The highest BCUT2D eigenvalue weighted by molar-refractivity contribution is 6.33. The van der Waals surface area contributed by atoms with Crippen molar-refractivity contribution in [2.75, 3.05) is 17.2 Å². The summed E-state index contributed by atoms with van der Waals surface area (Å²) in [6.45, 7) is 1.87. The zero-order valence-corrected chi connectivity index (χ0v) is 12.5. The van der Waals surface area contributed by atoms with Crippen molar-refractivity contribution in [1.29, 1.82) is 0 Å². The van der Waals surface area contributed by atoms with Crippen LogP contribution in [-0.4, -0.2) is 33.6 Å². The Morgan fingerprint density at radius 1 is 1.32 bits per heavy atom. The molecular formula is C13H14ClN5O3. The smallest absolute Gasteiger partial charge is 0.412 e. The summed E-state index contributed by atoms with van der Waals surface area (Å²) in [5.74, 6) is -0.121. The predicted molar refractivity (Wildman–Crippen MR) is 80.7 cm³/mol. The van der Waals surface area contributed by atoms with Gasteiger partial charge in [0.25, 0.3) is 0 Å². The van der Waals surface area contributed by atoms with E-state index in [1.807, 2.05) is 0 Å². The summed E-state index contributed by atoms with van der Waals surface area (Å²) in [5, 5.41) is 12.9. The molecule has 0 aliphatic carbocycles. The number of hydrogen-bond donors (Lipinski definition) is 2. The number of carbonyl (C=O) groups excluding carboxylic acids is 2. The molecule has 0 fully saturated rings. The number of nitrogens with zero attached hydrogens (tertiary/aromatic N) is 3. The maximum absolute atomic E-state index is 11.9. The number of benzene rings is 1.